The number of rotatable bonds is 5. The number of hydrogen-bond donors (Lipinski definition) is 1. The Morgan fingerprint density at radius 2 is 2.43 bits per heavy atom. The maximum Gasteiger partial charge on any atom is 0.258 e. The normalized spacial score (nSPS) is 25.5. The average Bonchev–Trinajstić information content (AvgIpc) is 3.20. The van der Waals surface area contributed by atoms with Gasteiger partial charge in [0.2, 0.25) is 0 Å². The van der Waals surface area contributed by atoms with E-state index >= 15 is 0 Å². The molecule has 3 atom stereocenters. The van der Waals surface area contributed by atoms with Crippen molar-refractivity contribution < 1.29 is 14.3 Å². The van der Waals surface area contributed by atoms with Crippen LogP contribution in [0.3, 0.4) is 0 Å². The van der Waals surface area contributed by atoms with Gasteiger partial charge in [-0.15, -0.1) is 5.10 Å². The lowest BCUT2D eigenvalue weighted by molar-refractivity contribution is -0.126. The van der Waals surface area contributed by atoms with E-state index in [0.29, 0.717) is 17.8 Å². The molecule has 0 bridgehead atoms. The van der Waals surface area contributed by atoms with Crippen molar-refractivity contribution in [3.05, 3.63) is 30.6 Å². The Labute approximate surface area is 132 Å². The monoisotopic (exact) mass is 315 g/mol. The number of tetrazole rings is 1. The Morgan fingerprint density at radius 3 is 3.26 bits per heavy atom. The number of aromatic nitrogens is 4. The van der Waals surface area contributed by atoms with Gasteiger partial charge in [0, 0.05) is 24.6 Å². The molecule has 0 spiro atoms. The Kier molecular flexibility index (Phi) is 3.66. The second-order valence-electron chi connectivity index (χ2n) is 5.81. The van der Waals surface area contributed by atoms with Crippen LogP contribution in [0.25, 0.3) is 5.69 Å². The molecule has 0 radical (unpaired) electrons. The first-order valence-electron chi connectivity index (χ1n) is 7.67. The van der Waals surface area contributed by atoms with E-state index in [1.807, 2.05) is 12.1 Å². The summed E-state index contributed by atoms with van der Waals surface area (Å²) in [5.74, 6) is 0.971. The van der Waals surface area contributed by atoms with Crippen LogP contribution in [0.4, 0.5) is 0 Å². The van der Waals surface area contributed by atoms with E-state index in [1.54, 1.807) is 12.1 Å². The van der Waals surface area contributed by atoms with Crippen LogP contribution in [-0.4, -0.2) is 51.5 Å². The molecule has 8 heteroatoms. The molecule has 2 heterocycles. The minimum atomic E-state index is -0.104. The molecule has 1 aliphatic heterocycles. The van der Waals surface area contributed by atoms with Crippen molar-refractivity contribution in [1.82, 2.24) is 25.5 Å². The van der Waals surface area contributed by atoms with E-state index in [1.165, 1.54) is 11.0 Å². The van der Waals surface area contributed by atoms with Gasteiger partial charge < -0.3 is 14.8 Å². The van der Waals surface area contributed by atoms with Crippen molar-refractivity contribution in [3.63, 3.8) is 0 Å². The molecule has 1 saturated heterocycles. The highest BCUT2D eigenvalue weighted by molar-refractivity contribution is 5.78. The maximum atomic E-state index is 12.0. The van der Waals surface area contributed by atoms with Crippen LogP contribution in [-0.2, 0) is 9.53 Å². The molecule has 120 valence electrons. The topological polar surface area (TPSA) is 91.2 Å². The zero-order valence-corrected chi connectivity index (χ0v) is 12.5. The highest BCUT2D eigenvalue weighted by Gasteiger charge is 2.45. The number of ether oxygens (including phenoxy) is 2. The Bertz CT molecular complexity index is 690. The minimum Gasteiger partial charge on any atom is -0.484 e. The van der Waals surface area contributed by atoms with Gasteiger partial charge in [0.1, 0.15) is 12.1 Å². The molecular formula is C15H17N5O3. The summed E-state index contributed by atoms with van der Waals surface area (Å²) >= 11 is 0. The molecule has 1 aromatic heterocycles. The molecule has 8 nitrogen and oxygen atoms in total. The third-order valence-corrected chi connectivity index (χ3v) is 4.41. The third-order valence-electron chi connectivity index (χ3n) is 4.41. The van der Waals surface area contributed by atoms with Crippen LogP contribution in [0, 0.1) is 5.92 Å². The quantitative estimate of drug-likeness (QED) is 0.855. The van der Waals surface area contributed by atoms with Gasteiger partial charge in [0.05, 0.1) is 11.8 Å². The Morgan fingerprint density at radius 1 is 1.48 bits per heavy atom. The van der Waals surface area contributed by atoms with Gasteiger partial charge in [0.25, 0.3) is 5.91 Å². The van der Waals surface area contributed by atoms with Crippen molar-refractivity contribution in [2.75, 3.05) is 13.2 Å². The first kappa shape index (κ1) is 14.1. The maximum absolute atomic E-state index is 12.0. The highest BCUT2D eigenvalue weighted by atomic mass is 16.5. The molecule has 1 aromatic carbocycles. The fourth-order valence-electron chi connectivity index (χ4n) is 3.16. The van der Waals surface area contributed by atoms with Crippen molar-refractivity contribution in [3.8, 4) is 11.4 Å². The third kappa shape index (κ3) is 2.89. The largest absolute Gasteiger partial charge is 0.484 e. The fraction of sp³-hybridized carbons (Fsp3) is 0.467. The number of carbonyl (C=O) groups excluding carboxylic acids is 1. The van der Waals surface area contributed by atoms with Gasteiger partial charge in [-0.3, -0.25) is 4.79 Å². The second kappa shape index (κ2) is 5.96. The Hall–Kier alpha value is -2.48. The van der Waals surface area contributed by atoms with E-state index in [0.717, 1.165) is 25.1 Å². The molecule has 1 saturated carbocycles. The summed E-state index contributed by atoms with van der Waals surface area (Å²) < 4.78 is 12.6. The minimum absolute atomic E-state index is 0.00615. The predicted molar refractivity (Wildman–Crippen MR) is 79.0 cm³/mol. The summed E-state index contributed by atoms with van der Waals surface area (Å²) in [6, 6.07) is 7.50. The van der Waals surface area contributed by atoms with Gasteiger partial charge >= 0.3 is 0 Å². The fourth-order valence-corrected chi connectivity index (χ4v) is 3.16. The molecule has 2 aromatic rings. The number of amides is 1. The molecular weight excluding hydrogens is 298 g/mol. The van der Waals surface area contributed by atoms with Gasteiger partial charge in [-0.1, -0.05) is 6.07 Å². The second-order valence-corrected chi connectivity index (χ2v) is 5.81. The highest BCUT2D eigenvalue weighted by Crippen LogP contribution is 2.38. The van der Waals surface area contributed by atoms with Crippen molar-refractivity contribution >= 4 is 5.91 Å². The number of hydrogen-bond acceptors (Lipinski definition) is 6. The molecule has 23 heavy (non-hydrogen) atoms. The number of benzene rings is 1. The molecule has 4 rings (SSSR count). The van der Waals surface area contributed by atoms with E-state index in [4.69, 9.17) is 9.47 Å². The van der Waals surface area contributed by atoms with Crippen molar-refractivity contribution in [2.45, 2.75) is 25.0 Å². The van der Waals surface area contributed by atoms with Crippen LogP contribution < -0.4 is 10.1 Å². The van der Waals surface area contributed by atoms with Gasteiger partial charge in [-0.25, -0.2) is 4.68 Å². The lowest BCUT2D eigenvalue weighted by Gasteiger charge is -2.39. The summed E-state index contributed by atoms with van der Waals surface area (Å²) in [6.45, 7) is 0.802. The van der Waals surface area contributed by atoms with Gasteiger partial charge in [-0.05, 0) is 35.4 Å². The van der Waals surface area contributed by atoms with Crippen LogP contribution in [0.1, 0.15) is 12.8 Å². The van der Waals surface area contributed by atoms with Crippen molar-refractivity contribution in [2.24, 2.45) is 5.92 Å². The number of nitrogens with zero attached hydrogens (tertiary/aromatic N) is 4. The number of nitrogens with one attached hydrogen (secondary N) is 1. The number of fused-ring (bicyclic) bond motifs is 1. The number of carbonyl (C=O) groups is 1. The van der Waals surface area contributed by atoms with E-state index in [9.17, 15) is 4.79 Å². The summed E-state index contributed by atoms with van der Waals surface area (Å²) in [5.41, 5.74) is 0.776. The molecule has 1 amide bonds. The molecule has 2 aliphatic rings. The summed E-state index contributed by atoms with van der Waals surface area (Å²) in [5, 5.41) is 14.0. The SMILES string of the molecule is O=C(COc1cccc(-n2cnnn2)c1)N[C@@H]1C[C@H]2OCC[C@@H]12. The van der Waals surface area contributed by atoms with Gasteiger partial charge in [0.15, 0.2) is 6.61 Å². The molecule has 2 fully saturated rings. The average molecular weight is 315 g/mol. The molecule has 0 unspecified atom stereocenters. The van der Waals surface area contributed by atoms with Crippen LogP contribution in [0.5, 0.6) is 5.75 Å². The standard InChI is InChI=1S/C15H17N5O3/c21-15(17-13-7-14-12(13)4-5-22-14)8-23-11-3-1-2-10(6-11)20-9-16-18-19-20/h1-3,6,9,12-14H,4-5,7-8H2,(H,17,21)/t12-,13+,14+/m0/s1. The zero-order chi connectivity index (χ0) is 15.6. The lowest BCUT2D eigenvalue weighted by atomic mass is 9.76. The van der Waals surface area contributed by atoms with Gasteiger partial charge in [-0.2, -0.15) is 0 Å². The van der Waals surface area contributed by atoms with Crippen molar-refractivity contribution in [1.29, 1.82) is 0 Å². The summed E-state index contributed by atoms with van der Waals surface area (Å²) in [4.78, 5) is 12.0. The van der Waals surface area contributed by atoms with E-state index in [2.05, 4.69) is 20.8 Å². The zero-order valence-electron chi connectivity index (χ0n) is 12.5. The molecule has 1 aliphatic carbocycles. The van der Waals surface area contributed by atoms with E-state index < -0.39 is 0 Å². The Balaban J connectivity index is 1.30. The first-order valence-corrected chi connectivity index (χ1v) is 7.67. The van der Waals surface area contributed by atoms with E-state index in [-0.39, 0.29) is 18.6 Å². The van der Waals surface area contributed by atoms with Crippen LogP contribution in [0.2, 0.25) is 0 Å². The smallest absolute Gasteiger partial charge is 0.258 e. The lowest BCUT2D eigenvalue weighted by Crippen LogP contribution is -2.54. The summed E-state index contributed by atoms with van der Waals surface area (Å²) in [6.07, 6.45) is 3.78. The summed E-state index contributed by atoms with van der Waals surface area (Å²) in [7, 11) is 0. The molecule has 1 N–H and O–H groups in total. The van der Waals surface area contributed by atoms with Crippen LogP contribution >= 0.6 is 0 Å². The van der Waals surface area contributed by atoms with Crippen LogP contribution in [0.15, 0.2) is 30.6 Å². The predicted octanol–water partition coefficient (Wildman–Crippen LogP) is 0.335. The first-order chi connectivity index (χ1) is 11.3.